The number of benzene rings is 5. The van der Waals surface area contributed by atoms with E-state index in [0.717, 1.165) is 23.4 Å². The van der Waals surface area contributed by atoms with Gasteiger partial charge >= 0.3 is 6.01 Å². The average Bonchev–Trinajstić information content (AvgIpc) is 3.23. The summed E-state index contributed by atoms with van der Waals surface area (Å²) in [5, 5.41) is 33.7. The van der Waals surface area contributed by atoms with Gasteiger partial charge in [-0.3, -0.25) is 9.11 Å². The van der Waals surface area contributed by atoms with E-state index in [0.29, 0.717) is 17.8 Å². The number of phenols is 1. The highest BCUT2D eigenvalue weighted by molar-refractivity contribution is 7.86. The van der Waals surface area contributed by atoms with E-state index in [1.807, 2.05) is 38.1 Å². The van der Waals surface area contributed by atoms with Gasteiger partial charge in [-0.15, -0.1) is 15.3 Å². The van der Waals surface area contributed by atoms with Gasteiger partial charge in [-0.25, -0.2) is 0 Å². The number of ether oxygens (including phenoxy) is 1. The van der Waals surface area contributed by atoms with Gasteiger partial charge in [-0.2, -0.15) is 51.9 Å². The Kier molecular flexibility index (Phi) is 13.3. The van der Waals surface area contributed by atoms with Crippen LogP contribution in [0.15, 0.2) is 103 Å². The fourth-order valence-electron chi connectivity index (χ4n) is 6.41. The number of aromatic hydroxyl groups is 1. The van der Waals surface area contributed by atoms with Crippen LogP contribution < -0.4 is 26.0 Å². The van der Waals surface area contributed by atoms with Crippen molar-refractivity contribution in [3.05, 3.63) is 100 Å². The molecule has 0 aliphatic rings. The Labute approximate surface area is 386 Å². The van der Waals surface area contributed by atoms with Gasteiger partial charge in [0.2, 0.25) is 28.4 Å². The first kappa shape index (κ1) is 46.8. The van der Waals surface area contributed by atoms with Crippen molar-refractivity contribution in [1.29, 1.82) is 0 Å². The summed E-state index contributed by atoms with van der Waals surface area (Å²) in [5.41, 5.74) is 8.38. The lowest BCUT2D eigenvalue weighted by molar-refractivity contribution is 0.379. The molecule has 0 amide bonds. The summed E-state index contributed by atoms with van der Waals surface area (Å²) in [6.07, 6.45) is 0. The van der Waals surface area contributed by atoms with Crippen LogP contribution in [0.1, 0.15) is 23.6 Å². The summed E-state index contributed by atoms with van der Waals surface area (Å²) < 4.78 is 75.9. The number of methoxy groups -OCH3 is 1. The van der Waals surface area contributed by atoms with Crippen LogP contribution in [-0.2, 0) is 20.2 Å². The van der Waals surface area contributed by atoms with Gasteiger partial charge in [-0.05, 0) is 122 Å². The fourth-order valence-corrected chi connectivity index (χ4v) is 7.99. The number of azo groups is 2. The number of phenolic OH excluding ortho intramolecular Hbond substituents is 1. The predicted octanol–water partition coefficient (Wildman–Crippen LogP) is 9.71. The Morgan fingerprint density at radius 1 is 0.697 bits per heavy atom. The van der Waals surface area contributed by atoms with E-state index in [1.165, 1.54) is 38.3 Å². The van der Waals surface area contributed by atoms with E-state index < -0.39 is 47.2 Å². The minimum Gasteiger partial charge on any atom is -0.505 e. The second kappa shape index (κ2) is 18.7. The maximum Gasteiger partial charge on any atom is 0.322 e. The number of aromatic nitrogens is 6. The zero-order chi connectivity index (χ0) is 47.7. The third kappa shape index (κ3) is 10.3. The minimum absolute atomic E-state index is 0.0146. The number of nitrogens with one attached hydrogen (secondary N) is 2. The van der Waals surface area contributed by atoms with Gasteiger partial charge in [0.05, 0.1) is 23.9 Å². The topological polar surface area (TPSA) is 318 Å². The van der Waals surface area contributed by atoms with Crippen LogP contribution in [0.3, 0.4) is 0 Å². The Morgan fingerprint density at radius 2 is 1.29 bits per heavy atom. The van der Waals surface area contributed by atoms with Crippen LogP contribution in [0.2, 0.25) is 10.6 Å². The van der Waals surface area contributed by atoms with Crippen LogP contribution >= 0.6 is 23.2 Å². The maximum absolute atomic E-state index is 12.7. The standard InChI is InChI=1S/C40H36Cl2N14O8S2/c1-6-56(25-12-7-19(2)8-13-25)39-48-35(41)46-37(50-39)44-24-11-14-28(65(58,59)60)27(18-24)53-54-32-21(4)15-22-16-29(66(61,62)63)33(31(43)30(22)34(32)57)55-52-26-17-23(10-9-20(26)3)45-38-47-36(42)49-40(51-38)64-5/h7-18,57H,6,43H2,1-5H3,(H,58,59,60)(H,61,62,63)(H,44,46,48,50)(H,45,47,49,51). The zero-order valence-corrected chi connectivity index (χ0v) is 38.2. The highest BCUT2D eigenvalue weighted by Gasteiger charge is 2.25. The van der Waals surface area contributed by atoms with Crippen LogP contribution in [0.25, 0.3) is 10.8 Å². The lowest BCUT2D eigenvalue weighted by Gasteiger charge is -2.21. The first-order chi connectivity index (χ1) is 31.2. The van der Waals surface area contributed by atoms with Crippen molar-refractivity contribution in [3.63, 3.8) is 0 Å². The molecule has 0 radical (unpaired) electrons. The first-order valence-corrected chi connectivity index (χ1v) is 22.7. The number of fused-ring (bicyclic) bond motifs is 1. The molecule has 0 aliphatic carbocycles. The van der Waals surface area contributed by atoms with E-state index >= 15 is 0 Å². The number of rotatable bonds is 14. The van der Waals surface area contributed by atoms with Crippen LogP contribution in [0, 0.1) is 20.8 Å². The number of nitrogen functional groups attached to an aromatic ring is 1. The Balaban J connectivity index is 1.26. The Bertz CT molecular complexity index is 3350. The molecule has 66 heavy (non-hydrogen) atoms. The molecule has 0 fully saturated rings. The number of hydrogen-bond donors (Lipinski definition) is 6. The van der Waals surface area contributed by atoms with Crippen LogP contribution in [-0.4, -0.2) is 74.6 Å². The number of hydrogen-bond acceptors (Lipinski definition) is 20. The molecule has 0 bridgehead atoms. The fraction of sp³-hybridized carbons (Fsp3) is 0.150. The van der Waals surface area contributed by atoms with Gasteiger partial charge in [0.25, 0.3) is 20.2 Å². The first-order valence-electron chi connectivity index (χ1n) is 19.1. The normalized spacial score (nSPS) is 12.0. The molecule has 7 aromatic rings. The Hall–Kier alpha value is -7.22. The van der Waals surface area contributed by atoms with Crippen molar-refractivity contribution in [2.24, 2.45) is 20.5 Å². The van der Waals surface area contributed by atoms with E-state index in [9.17, 15) is 31.0 Å². The van der Waals surface area contributed by atoms with Crippen molar-refractivity contribution in [2.75, 3.05) is 34.9 Å². The number of nitrogens with zero attached hydrogens (tertiary/aromatic N) is 11. The molecule has 2 aromatic heterocycles. The highest BCUT2D eigenvalue weighted by Crippen LogP contribution is 2.47. The zero-order valence-electron chi connectivity index (χ0n) is 35.1. The second-order valence-corrected chi connectivity index (χ2v) is 17.6. The van der Waals surface area contributed by atoms with E-state index in [-0.39, 0.29) is 73.5 Å². The van der Waals surface area contributed by atoms with Gasteiger partial charge in [0.1, 0.15) is 26.9 Å². The molecule has 0 aliphatic heterocycles. The molecule has 7 N–H and O–H groups in total. The van der Waals surface area contributed by atoms with Crippen molar-refractivity contribution in [2.45, 2.75) is 37.5 Å². The minimum atomic E-state index is -5.00. The van der Waals surface area contributed by atoms with E-state index in [4.69, 9.17) is 33.7 Å². The molecule has 7 rings (SSSR count). The average molecular weight is 976 g/mol. The summed E-state index contributed by atoms with van der Waals surface area (Å²) in [4.78, 5) is 25.3. The molecule has 22 nitrogen and oxygen atoms in total. The van der Waals surface area contributed by atoms with Crippen LogP contribution in [0.4, 0.5) is 63.3 Å². The summed E-state index contributed by atoms with van der Waals surface area (Å²) >= 11 is 12.3. The lowest BCUT2D eigenvalue weighted by atomic mass is 10.0. The van der Waals surface area contributed by atoms with E-state index in [2.05, 4.69) is 61.0 Å². The van der Waals surface area contributed by atoms with Gasteiger partial charge in [0.15, 0.2) is 5.75 Å². The molecular weight excluding hydrogens is 940 g/mol. The largest absolute Gasteiger partial charge is 0.505 e. The maximum atomic E-state index is 12.7. The van der Waals surface area contributed by atoms with Crippen molar-refractivity contribution < 1.29 is 35.8 Å². The van der Waals surface area contributed by atoms with Crippen molar-refractivity contribution in [3.8, 4) is 11.8 Å². The van der Waals surface area contributed by atoms with Crippen molar-refractivity contribution in [1.82, 2.24) is 29.9 Å². The summed E-state index contributed by atoms with van der Waals surface area (Å²) in [7, 11) is -8.54. The predicted molar refractivity (Wildman–Crippen MR) is 247 cm³/mol. The number of anilines is 7. The molecule has 340 valence electrons. The highest BCUT2D eigenvalue weighted by atomic mass is 35.5. The lowest BCUT2D eigenvalue weighted by Crippen LogP contribution is -2.19. The summed E-state index contributed by atoms with van der Waals surface area (Å²) in [5.74, 6) is -0.378. The molecule has 0 atom stereocenters. The molecule has 26 heteroatoms. The SMILES string of the molecule is CCN(c1ccc(C)cc1)c1nc(Cl)nc(Nc2ccc(S(=O)(=O)O)c(N=Nc3c(C)cc4cc(S(=O)(=O)O)c(N=Nc5cc(Nc6nc(Cl)nc(OC)n6)ccc5C)c(N)c4c3O)c2)n1. The number of aryl methyl sites for hydroxylation is 3. The van der Waals surface area contributed by atoms with Gasteiger partial charge in [0, 0.05) is 23.6 Å². The molecule has 5 aromatic carbocycles. The second-order valence-electron chi connectivity index (χ2n) is 14.1. The molecule has 0 saturated heterocycles. The summed E-state index contributed by atoms with van der Waals surface area (Å²) in [6.45, 7) is 7.53. The molecule has 0 saturated carbocycles. The van der Waals surface area contributed by atoms with Gasteiger partial charge in [-0.1, -0.05) is 23.8 Å². The quantitative estimate of drug-likeness (QED) is 0.0335. The molecular formula is C40H36Cl2N14O8S2. The monoisotopic (exact) mass is 974 g/mol. The molecule has 0 spiro atoms. The third-order valence-corrected chi connectivity index (χ3v) is 11.7. The van der Waals surface area contributed by atoms with Gasteiger partial charge < -0.3 is 31.1 Å². The third-order valence-electron chi connectivity index (χ3n) is 9.56. The molecule has 2 heterocycles. The molecule has 0 unspecified atom stereocenters. The van der Waals surface area contributed by atoms with Crippen LogP contribution in [0.5, 0.6) is 11.8 Å². The Morgan fingerprint density at radius 3 is 1.92 bits per heavy atom. The summed E-state index contributed by atoms with van der Waals surface area (Å²) in [6, 6.07) is 18.5. The van der Waals surface area contributed by atoms with E-state index in [1.54, 1.807) is 24.0 Å². The number of nitrogens with two attached hydrogens (primary N) is 1. The smallest absolute Gasteiger partial charge is 0.322 e. The van der Waals surface area contributed by atoms with Crippen molar-refractivity contribution >= 4 is 118 Å². The number of halogens is 2.